The van der Waals surface area contributed by atoms with Gasteiger partial charge in [0.25, 0.3) is 11.8 Å². The summed E-state index contributed by atoms with van der Waals surface area (Å²) in [5.41, 5.74) is 1.64. The van der Waals surface area contributed by atoms with Crippen LogP contribution in [0, 0.1) is 0 Å². The first kappa shape index (κ1) is 38.3. The number of nitrogens with zero attached hydrogens (tertiary/aromatic N) is 5. The molecule has 0 radical (unpaired) electrons. The highest BCUT2D eigenvalue weighted by Crippen LogP contribution is 2.24. The molecule has 2 aromatic carbocycles. The molecule has 5 amide bonds. The average molecular weight is 744 g/mol. The van der Waals surface area contributed by atoms with Crippen molar-refractivity contribution in [3.05, 3.63) is 78.0 Å². The van der Waals surface area contributed by atoms with E-state index in [-0.39, 0.29) is 68.1 Å². The molecule has 1 aromatic heterocycles. The second-order valence-corrected chi connectivity index (χ2v) is 13.9. The fourth-order valence-electron chi connectivity index (χ4n) is 6.88. The number of hydrogen-bond acceptors (Lipinski definition) is 8. The lowest BCUT2D eigenvalue weighted by molar-refractivity contribution is -0.140. The second-order valence-electron chi connectivity index (χ2n) is 13.9. The molecule has 0 bridgehead atoms. The quantitative estimate of drug-likeness (QED) is 0.186. The van der Waals surface area contributed by atoms with Gasteiger partial charge in [-0.3, -0.25) is 19.2 Å². The number of likely N-dealkylation sites (tertiary alicyclic amines) is 1. The molecule has 6 rings (SSSR count). The minimum Gasteiger partial charge on any atom is -0.467 e. The molecule has 0 spiro atoms. The lowest BCUT2D eigenvalue weighted by atomic mass is 9.93. The highest BCUT2D eigenvalue weighted by atomic mass is 16.5. The van der Waals surface area contributed by atoms with Gasteiger partial charge in [-0.1, -0.05) is 48.5 Å². The Morgan fingerprint density at radius 3 is 2.24 bits per heavy atom. The maximum absolute atomic E-state index is 13.8. The van der Waals surface area contributed by atoms with Gasteiger partial charge < -0.3 is 39.9 Å². The first-order chi connectivity index (χ1) is 26.3. The van der Waals surface area contributed by atoms with Crippen LogP contribution in [0.5, 0.6) is 5.88 Å². The van der Waals surface area contributed by atoms with E-state index in [1.54, 1.807) is 21.9 Å². The number of para-hydroxylation sites is 1. The average Bonchev–Trinajstić information content (AvgIpc) is 3.85. The Kier molecular flexibility index (Phi) is 13.2. The topological polar surface area (TPSA) is 176 Å². The van der Waals surface area contributed by atoms with Crippen LogP contribution in [0.25, 0.3) is 5.69 Å². The minimum atomic E-state index is -1.04. The molecule has 3 fully saturated rings. The Morgan fingerprint density at radius 1 is 0.852 bits per heavy atom. The van der Waals surface area contributed by atoms with Crippen molar-refractivity contribution in [3.8, 4) is 11.6 Å². The van der Waals surface area contributed by atoms with Crippen molar-refractivity contribution in [1.29, 1.82) is 0 Å². The van der Waals surface area contributed by atoms with Crippen molar-refractivity contribution in [2.24, 2.45) is 0 Å². The van der Waals surface area contributed by atoms with Crippen molar-refractivity contribution < 1.29 is 38.6 Å². The van der Waals surface area contributed by atoms with Gasteiger partial charge in [0.05, 0.1) is 12.3 Å². The highest BCUT2D eigenvalue weighted by molar-refractivity contribution is 5.96. The van der Waals surface area contributed by atoms with Gasteiger partial charge in [0.15, 0.2) is 12.3 Å². The van der Waals surface area contributed by atoms with Crippen LogP contribution >= 0.6 is 0 Å². The standard InChI is InChI=1S/C39H49N7O8/c47-34(45-19-10-18-33(45)37(49)40-29-13-9-14-29)27-54-35-25-32(42-46(35)30-15-5-2-6-16-30)36(48)41-31(38(50)43-20-22-44(23-21-43)39(51)52)17-7-8-24-53-26-28-11-3-1-4-12-28/h1-6,11-12,15-16,25,29,31,33H,7-10,13-14,17-24,26-27H2,(H,40,49)(H,41,48)(H,51,52). The van der Waals surface area contributed by atoms with Crippen molar-refractivity contribution in [1.82, 2.24) is 35.1 Å². The Hall–Kier alpha value is -5.44. The summed E-state index contributed by atoms with van der Waals surface area (Å²) >= 11 is 0. The summed E-state index contributed by atoms with van der Waals surface area (Å²) < 4.78 is 13.3. The van der Waals surface area contributed by atoms with E-state index < -0.39 is 24.1 Å². The van der Waals surface area contributed by atoms with E-state index in [1.807, 2.05) is 48.5 Å². The molecule has 3 N–H and O–H groups in total. The van der Waals surface area contributed by atoms with Crippen LogP contribution in [0.15, 0.2) is 66.7 Å². The van der Waals surface area contributed by atoms with E-state index in [2.05, 4.69) is 15.7 Å². The van der Waals surface area contributed by atoms with Crippen LogP contribution in [-0.2, 0) is 25.7 Å². The molecule has 2 aliphatic heterocycles. The zero-order valence-electron chi connectivity index (χ0n) is 30.4. The number of aromatic nitrogens is 2. The molecule has 54 heavy (non-hydrogen) atoms. The molecule has 288 valence electrons. The predicted molar refractivity (Wildman–Crippen MR) is 197 cm³/mol. The molecule has 1 aliphatic carbocycles. The van der Waals surface area contributed by atoms with Gasteiger partial charge in [-0.15, -0.1) is 0 Å². The summed E-state index contributed by atoms with van der Waals surface area (Å²) in [6.07, 6.45) is 4.86. The van der Waals surface area contributed by atoms with Gasteiger partial charge in [-0.05, 0) is 69.1 Å². The van der Waals surface area contributed by atoms with Gasteiger partial charge in [-0.2, -0.15) is 5.10 Å². The van der Waals surface area contributed by atoms with Crippen molar-refractivity contribution in [2.45, 2.75) is 76.1 Å². The van der Waals surface area contributed by atoms with Crippen molar-refractivity contribution >= 4 is 29.7 Å². The SMILES string of the molecule is O=C(NC(CCCCOCc1ccccc1)C(=O)N1CCN(C(=O)O)CC1)c1cc(OCC(=O)N2CCCC2C(=O)NC2CCC2)n(-c2ccccc2)n1. The van der Waals surface area contributed by atoms with E-state index in [0.717, 1.165) is 31.2 Å². The summed E-state index contributed by atoms with van der Waals surface area (Å²) in [6.45, 7) is 1.84. The fourth-order valence-corrected chi connectivity index (χ4v) is 6.88. The number of rotatable bonds is 16. The van der Waals surface area contributed by atoms with E-state index in [4.69, 9.17) is 9.47 Å². The van der Waals surface area contributed by atoms with E-state index in [9.17, 15) is 29.1 Å². The number of carboxylic acid groups (broad SMARTS) is 1. The predicted octanol–water partition coefficient (Wildman–Crippen LogP) is 3.22. The van der Waals surface area contributed by atoms with E-state index in [1.165, 1.54) is 15.6 Å². The summed E-state index contributed by atoms with van der Waals surface area (Å²) in [5, 5.41) is 19.8. The van der Waals surface area contributed by atoms with Crippen LogP contribution in [-0.4, -0.2) is 123 Å². The Balaban J connectivity index is 1.11. The van der Waals surface area contributed by atoms with Crippen LogP contribution in [0.2, 0.25) is 0 Å². The molecule has 1 saturated carbocycles. The molecule has 15 heteroatoms. The minimum absolute atomic E-state index is 0.0140. The number of benzene rings is 2. The zero-order valence-corrected chi connectivity index (χ0v) is 30.4. The third-order valence-electron chi connectivity index (χ3n) is 10.2. The van der Waals surface area contributed by atoms with Crippen LogP contribution < -0.4 is 15.4 Å². The monoisotopic (exact) mass is 743 g/mol. The Bertz CT molecular complexity index is 1740. The highest BCUT2D eigenvalue weighted by Gasteiger charge is 2.36. The summed E-state index contributed by atoms with van der Waals surface area (Å²) in [7, 11) is 0. The molecule has 15 nitrogen and oxygen atoms in total. The normalized spacial score (nSPS) is 17.8. The molecule has 3 aliphatic rings. The van der Waals surface area contributed by atoms with Gasteiger partial charge in [0, 0.05) is 51.4 Å². The van der Waals surface area contributed by atoms with Gasteiger partial charge in [0.1, 0.15) is 12.1 Å². The second kappa shape index (κ2) is 18.5. The molecule has 2 unspecified atom stereocenters. The largest absolute Gasteiger partial charge is 0.467 e. The lowest BCUT2D eigenvalue weighted by Gasteiger charge is -2.35. The number of ether oxygens (including phenoxy) is 2. The smallest absolute Gasteiger partial charge is 0.407 e. The fraction of sp³-hybridized carbons (Fsp3) is 0.487. The first-order valence-corrected chi connectivity index (χ1v) is 18.8. The Labute approximate surface area is 314 Å². The molecular formula is C39H49N7O8. The maximum Gasteiger partial charge on any atom is 0.407 e. The number of amides is 5. The lowest BCUT2D eigenvalue weighted by Crippen LogP contribution is -2.55. The summed E-state index contributed by atoms with van der Waals surface area (Å²) in [5.74, 6) is -1.22. The maximum atomic E-state index is 13.8. The molecule has 2 saturated heterocycles. The Morgan fingerprint density at radius 2 is 1.56 bits per heavy atom. The number of nitrogens with one attached hydrogen (secondary N) is 2. The first-order valence-electron chi connectivity index (χ1n) is 18.8. The summed E-state index contributed by atoms with van der Waals surface area (Å²) in [4.78, 5) is 69.8. The summed E-state index contributed by atoms with van der Waals surface area (Å²) in [6, 6.07) is 19.0. The number of carbonyl (C=O) groups excluding carboxylic acids is 4. The number of hydrogen-bond donors (Lipinski definition) is 3. The van der Waals surface area contributed by atoms with E-state index >= 15 is 0 Å². The number of piperazine rings is 1. The van der Waals surface area contributed by atoms with Crippen LogP contribution in [0.3, 0.4) is 0 Å². The van der Waals surface area contributed by atoms with Crippen LogP contribution in [0.1, 0.15) is 67.4 Å². The molecule has 3 heterocycles. The van der Waals surface area contributed by atoms with Crippen molar-refractivity contribution in [2.75, 3.05) is 45.9 Å². The van der Waals surface area contributed by atoms with Gasteiger partial charge >= 0.3 is 6.09 Å². The van der Waals surface area contributed by atoms with Gasteiger partial charge in [0.2, 0.25) is 17.7 Å². The van der Waals surface area contributed by atoms with Gasteiger partial charge in [-0.25, -0.2) is 9.48 Å². The zero-order chi connectivity index (χ0) is 37.9. The third-order valence-corrected chi connectivity index (χ3v) is 10.2. The van der Waals surface area contributed by atoms with Crippen molar-refractivity contribution in [3.63, 3.8) is 0 Å². The molecular weight excluding hydrogens is 694 g/mol. The molecule has 2 atom stereocenters. The number of carbonyl (C=O) groups is 5. The molecule has 3 aromatic rings. The third kappa shape index (κ3) is 9.95. The number of unbranched alkanes of at least 4 members (excludes halogenated alkanes) is 1. The van der Waals surface area contributed by atoms with Crippen LogP contribution in [0.4, 0.5) is 4.79 Å². The van der Waals surface area contributed by atoms with E-state index in [0.29, 0.717) is 51.1 Å².